The minimum atomic E-state index is 0.528. The minimum Gasteiger partial charge on any atom is -0.356 e. The molecule has 0 aliphatic heterocycles. The molecule has 0 aromatic heterocycles. The van der Waals surface area contributed by atoms with Crippen molar-refractivity contribution in [3.05, 3.63) is 12.2 Å². The van der Waals surface area contributed by atoms with Gasteiger partial charge in [-0.25, -0.2) is 0 Å². The first-order valence-electron chi connectivity index (χ1n) is 5.99. The number of nitrogens with one attached hydrogen (secondary N) is 2. The van der Waals surface area contributed by atoms with E-state index < -0.39 is 0 Å². The van der Waals surface area contributed by atoms with Gasteiger partial charge in [0.25, 0.3) is 0 Å². The lowest BCUT2D eigenvalue weighted by atomic mass is 10.2. The number of hydrogen-bond donors (Lipinski definition) is 2. The van der Waals surface area contributed by atoms with Crippen LogP contribution in [0.2, 0.25) is 0 Å². The zero-order valence-corrected chi connectivity index (χ0v) is 10.7. The standard InChI is InChI=1S/C12H24N4/c1-13-12(14-9-6-10-16(2)3)15-11-7-4-5-8-11/h4-5,11H,6-10H2,1-3H3,(H2,13,14,15). The fraction of sp³-hybridized carbons (Fsp3) is 0.750. The largest absolute Gasteiger partial charge is 0.356 e. The van der Waals surface area contributed by atoms with Crippen molar-refractivity contribution >= 4 is 5.96 Å². The van der Waals surface area contributed by atoms with Gasteiger partial charge in [0.15, 0.2) is 5.96 Å². The highest BCUT2D eigenvalue weighted by Crippen LogP contribution is 2.08. The Kier molecular flexibility index (Phi) is 5.93. The number of rotatable bonds is 5. The Bertz CT molecular complexity index is 237. The Labute approximate surface area is 98.8 Å². The van der Waals surface area contributed by atoms with E-state index in [1.54, 1.807) is 0 Å². The second-order valence-electron chi connectivity index (χ2n) is 4.44. The van der Waals surface area contributed by atoms with Crippen LogP contribution < -0.4 is 10.6 Å². The number of guanidine groups is 1. The van der Waals surface area contributed by atoms with E-state index in [1.807, 2.05) is 7.05 Å². The third kappa shape index (κ3) is 5.16. The molecular weight excluding hydrogens is 200 g/mol. The lowest BCUT2D eigenvalue weighted by Gasteiger charge is -2.17. The lowest BCUT2D eigenvalue weighted by Crippen LogP contribution is -2.43. The molecule has 0 heterocycles. The maximum atomic E-state index is 4.22. The van der Waals surface area contributed by atoms with Crippen molar-refractivity contribution < 1.29 is 0 Å². The van der Waals surface area contributed by atoms with Gasteiger partial charge in [-0.3, -0.25) is 4.99 Å². The van der Waals surface area contributed by atoms with E-state index in [1.165, 1.54) is 0 Å². The molecule has 1 aliphatic carbocycles. The van der Waals surface area contributed by atoms with Gasteiger partial charge in [-0.2, -0.15) is 0 Å². The Morgan fingerprint density at radius 2 is 2.06 bits per heavy atom. The second kappa shape index (κ2) is 7.28. The first-order valence-corrected chi connectivity index (χ1v) is 5.99. The average molecular weight is 224 g/mol. The van der Waals surface area contributed by atoms with E-state index in [2.05, 4.69) is 46.8 Å². The summed E-state index contributed by atoms with van der Waals surface area (Å²) in [5.74, 6) is 0.924. The van der Waals surface area contributed by atoms with Crippen LogP contribution in [0.25, 0.3) is 0 Å². The highest BCUT2D eigenvalue weighted by molar-refractivity contribution is 5.80. The van der Waals surface area contributed by atoms with Gasteiger partial charge in [0.1, 0.15) is 0 Å². The summed E-state index contributed by atoms with van der Waals surface area (Å²) in [6.07, 6.45) is 7.79. The predicted octanol–water partition coefficient (Wildman–Crippen LogP) is 0.822. The van der Waals surface area contributed by atoms with Crippen molar-refractivity contribution in [2.45, 2.75) is 25.3 Å². The fourth-order valence-corrected chi connectivity index (χ4v) is 1.73. The third-order valence-electron chi connectivity index (χ3n) is 2.65. The molecule has 4 heteroatoms. The Morgan fingerprint density at radius 1 is 1.38 bits per heavy atom. The highest BCUT2D eigenvalue weighted by Gasteiger charge is 2.10. The summed E-state index contributed by atoms with van der Waals surface area (Å²) >= 11 is 0. The third-order valence-corrected chi connectivity index (χ3v) is 2.65. The molecule has 2 N–H and O–H groups in total. The van der Waals surface area contributed by atoms with Crippen LogP contribution in [0, 0.1) is 0 Å². The highest BCUT2D eigenvalue weighted by atomic mass is 15.2. The molecule has 0 amide bonds. The SMILES string of the molecule is CN=C(NCCCN(C)C)NC1CC=CC1. The molecule has 92 valence electrons. The van der Waals surface area contributed by atoms with Crippen molar-refractivity contribution in [1.29, 1.82) is 0 Å². The van der Waals surface area contributed by atoms with Crippen LogP contribution in [0.3, 0.4) is 0 Å². The zero-order chi connectivity index (χ0) is 11.8. The molecule has 4 nitrogen and oxygen atoms in total. The Hall–Kier alpha value is -1.03. The number of hydrogen-bond acceptors (Lipinski definition) is 2. The van der Waals surface area contributed by atoms with Gasteiger partial charge in [0.05, 0.1) is 0 Å². The van der Waals surface area contributed by atoms with Crippen LogP contribution in [0.4, 0.5) is 0 Å². The predicted molar refractivity (Wildman–Crippen MR) is 69.8 cm³/mol. The maximum absolute atomic E-state index is 4.22. The first kappa shape index (κ1) is 13.0. The van der Waals surface area contributed by atoms with Crippen molar-refractivity contribution in [3.63, 3.8) is 0 Å². The monoisotopic (exact) mass is 224 g/mol. The first-order chi connectivity index (χ1) is 7.72. The van der Waals surface area contributed by atoms with Gasteiger partial charge < -0.3 is 15.5 Å². The average Bonchev–Trinajstić information content (AvgIpc) is 2.75. The minimum absolute atomic E-state index is 0.528. The number of nitrogens with zero attached hydrogens (tertiary/aromatic N) is 2. The van der Waals surface area contributed by atoms with Gasteiger partial charge in [-0.05, 0) is 39.9 Å². The molecule has 0 saturated carbocycles. The topological polar surface area (TPSA) is 39.7 Å². The quantitative estimate of drug-likeness (QED) is 0.314. The van der Waals surface area contributed by atoms with Crippen LogP contribution in [-0.2, 0) is 0 Å². The summed E-state index contributed by atoms with van der Waals surface area (Å²) < 4.78 is 0. The second-order valence-corrected chi connectivity index (χ2v) is 4.44. The number of aliphatic imine (C=N–C) groups is 1. The van der Waals surface area contributed by atoms with E-state index in [0.717, 1.165) is 38.3 Å². The van der Waals surface area contributed by atoms with E-state index in [0.29, 0.717) is 6.04 Å². The van der Waals surface area contributed by atoms with Gasteiger partial charge in [-0.15, -0.1) is 0 Å². The van der Waals surface area contributed by atoms with Gasteiger partial charge in [-0.1, -0.05) is 12.2 Å². The summed E-state index contributed by atoms with van der Waals surface area (Å²) in [6, 6.07) is 0.528. The normalized spacial score (nSPS) is 17.1. The van der Waals surface area contributed by atoms with Crippen LogP contribution in [0.5, 0.6) is 0 Å². The van der Waals surface area contributed by atoms with E-state index in [4.69, 9.17) is 0 Å². The molecule has 0 aromatic rings. The van der Waals surface area contributed by atoms with Crippen molar-refractivity contribution in [3.8, 4) is 0 Å². The molecule has 0 fully saturated rings. The van der Waals surface area contributed by atoms with Crippen LogP contribution in [0.15, 0.2) is 17.1 Å². The molecule has 1 aliphatic rings. The van der Waals surface area contributed by atoms with Crippen LogP contribution in [0.1, 0.15) is 19.3 Å². The molecule has 0 atom stereocenters. The molecule has 16 heavy (non-hydrogen) atoms. The van der Waals surface area contributed by atoms with E-state index in [-0.39, 0.29) is 0 Å². The molecule has 0 bridgehead atoms. The summed E-state index contributed by atoms with van der Waals surface area (Å²) in [5, 5.41) is 6.75. The van der Waals surface area contributed by atoms with Crippen molar-refractivity contribution in [1.82, 2.24) is 15.5 Å². The molecular formula is C12H24N4. The maximum Gasteiger partial charge on any atom is 0.191 e. The fourth-order valence-electron chi connectivity index (χ4n) is 1.73. The molecule has 0 unspecified atom stereocenters. The van der Waals surface area contributed by atoms with Crippen molar-refractivity contribution in [2.24, 2.45) is 4.99 Å². The van der Waals surface area contributed by atoms with Gasteiger partial charge in [0.2, 0.25) is 0 Å². The molecule has 0 aromatic carbocycles. The Balaban J connectivity index is 2.12. The molecule has 0 radical (unpaired) electrons. The smallest absolute Gasteiger partial charge is 0.191 e. The van der Waals surface area contributed by atoms with Crippen LogP contribution >= 0.6 is 0 Å². The molecule has 1 rings (SSSR count). The summed E-state index contributed by atoms with van der Waals surface area (Å²) in [6.45, 7) is 2.08. The summed E-state index contributed by atoms with van der Waals surface area (Å²) in [5.41, 5.74) is 0. The molecule has 0 saturated heterocycles. The summed E-state index contributed by atoms with van der Waals surface area (Å²) in [7, 11) is 6.01. The zero-order valence-electron chi connectivity index (χ0n) is 10.7. The van der Waals surface area contributed by atoms with Gasteiger partial charge >= 0.3 is 0 Å². The Morgan fingerprint density at radius 3 is 2.62 bits per heavy atom. The van der Waals surface area contributed by atoms with Crippen LogP contribution in [-0.4, -0.2) is 51.1 Å². The lowest BCUT2D eigenvalue weighted by molar-refractivity contribution is 0.399. The van der Waals surface area contributed by atoms with E-state index in [9.17, 15) is 0 Å². The van der Waals surface area contributed by atoms with Crippen molar-refractivity contribution in [2.75, 3.05) is 34.2 Å². The van der Waals surface area contributed by atoms with Gasteiger partial charge in [0, 0.05) is 19.6 Å². The van der Waals surface area contributed by atoms with E-state index >= 15 is 0 Å². The summed E-state index contributed by atoms with van der Waals surface area (Å²) in [4.78, 5) is 6.41. The molecule has 0 spiro atoms.